The molecule has 2 saturated heterocycles. The van der Waals surface area contributed by atoms with Crippen LogP contribution >= 0.6 is 11.6 Å². The van der Waals surface area contributed by atoms with Crippen molar-refractivity contribution < 1.29 is 23.9 Å². The van der Waals surface area contributed by atoms with Gasteiger partial charge in [0.25, 0.3) is 0 Å². The second-order valence-corrected chi connectivity index (χ2v) is 12.8. The van der Waals surface area contributed by atoms with Gasteiger partial charge in [0.2, 0.25) is 17.7 Å². The molecule has 2 aromatic rings. The van der Waals surface area contributed by atoms with Crippen molar-refractivity contribution >= 4 is 35.0 Å². The van der Waals surface area contributed by atoms with E-state index in [2.05, 4.69) is 24.5 Å². The molecular weight excluding hydrogens is 554 g/mol. The van der Waals surface area contributed by atoms with Gasteiger partial charge in [0.15, 0.2) is 0 Å². The van der Waals surface area contributed by atoms with E-state index in [9.17, 15) is 14.4 Å². The lowest BCUT2D eigenvalue weighted by atomic mass is 9.73. The van der Waals surface area contributed by atoms with Crippen LogP contribution in [0.5, 0.6) is 5.75 Å². The molecule has 9 heteroatoms. The van der Waals surface area contributed by atoms with E-state index in [0.717, 1.165) is 30.4 Å². The fourth-order valence-electron chi connectivity index (χ4n) is 7.31. The van der Waals surface area contributed by atoms with Crippen LogP contribution < -0.4 is 15.4 Å². The van der Waals surface area contributed by atoms with E-state index in [1.807, 2.05) is 49.4 Å². The predicted octanol–water partition coefficient (Wildman–Crippen LogP) is 4.89. The first-order valence-electron chi connectivity index (χ1n) is 14.8. The van der Waals surface area contributed by atoms with E-state index in [1.54, 1.807) is 24.1 Å². The molecule has 4 aliphatic rings. The van der Waals surface area contributed by atoms with E-state index in [0.29, 0.717) is 28.3 Å². The lowest BCUT2D eigenvalue weighted by Gasteiger charge is -2.38. The van der Waals surface area contributed by atoms with Gasteiger partial charge in [-0.25, -0.2) is 0 Å². The number of nitrogens with zero attached hydrogens (tertiary/aromatic N) is 1. The highest BCUT2D eigenvalue weighted by Crippen LogP contribution is 2.55. The summed E-state index contributed by atoms with van der Waals surface area (Å²) in [6.07, 6.45) is 6.16. The molecule has 6 rings (SSSR count). The minimum Gasteiger partial charge on any atom is -0.497 e. The number of nitrogens with one attached hydrogen (secondary N) is 2. The van der Waals surface area contributed by atoms with E-state index in [1.165, 1.54) is 0 Å². The Hall–Kier alpha value is -3.36. The Morgan fingerprint density at radius 1 is 1.12 bits per heavy atom. The molecule has 2 N–H and O–H groups in total. The van der Waals surface area contributed by atoms with Crippen LogP contribution in [0.3, 0.4) is 0 Å². The van der Waals surface area contributed by atoms with Crippen molar-refractivity contribution in [3.63, 3.8) is 0 Å². The summed E-state index contributed by atoms with van der Waals surface area (Å²) in [6.45, 7) is 6.50. The SMILES string of the molecule is COc1ccc(CN2C(=O)[C@H]3[C@H](C(=O)Nc4ccc(C)c(Cl)c4)[C@H]4C=C[C@@]3(O4)[C@@H]2C(=O)N[C@@H]2CCC[C@H](C)[C@H]2C)cc1. The van der Waals surface area contributed by atoms with Crippen molar-refractivity contribution in [2.75, 3.05) is 12.4 Å². The molecule has 2 bridgehead atoms. The van der Waals surface area contributed by atoms with Gasteiger partial charge >= 0.3 is 0 Å². The van der Waals surface area contributed by atoms with Crippen LogP contribution in [0.1, 0.15) is 44.2 Å². The minimum absolute atomic E-state index is 0.0163. The molecule has 0 unspecified atom stereocenters. The van der Waals surface area contributed by atoms with Crippen LogP contribution in [-0.4, -0.2) is 53.5 Å². The van der Waals surface area contributed by atoms with Gasteiger partial charge in [-0.05, 0) is 60.6 Å². The summed E-state index contributed by atoms with van der Waals surface area (Å²) in [5.74, 6) is -0.916. The van der Waals surface area contributed by atoms with Gasteiger partial charge in [-0.2, -0.15) is 0 Å². The molecule has 3 aliphatic heterocycles. The Morgan fingerprint density at radius 3 is 2.60 bits per heavy atom. The summed E-state index contributed by atoms with van der Waals surface area (Å²) in [4.78, 5) is 43.9. The van der Waals surface area contributed by atoms with Crippen LogP contribution in [0.4, 0.5) is 5.69 Å². The third-order valence-electron chi connectivity index (χ3n) is 9.91. The number of fused-ring (bicyclic) bond motifs is 1. The van der Waals surface area contributed by atoms with E-state index in [4.69, 9.17) is 21.1 Å². The van der Waals surface area contributed by atoms with Crippen LogP contribution in [0.15, 0.2) is 54.6 Å². The topological polar surface area (TPSA) is 97.0 Å². The molecule has 8 nitrogen and oxygen atoms in total. The molecule has 0 aromatic heterocycles. The molecule has 1 aliphatic carbocycles. The van der Waals surface area contributed by atoms with Gasteiger partial charge in [0.1, 0.15) is 17.4 Å². The monoisotopic (exact) mass is 591 g/mol. The zero-order valence-corrected chi connectivity index (χ0v) is 25.2. The zero-order valence-electron chi connectivity index (χ0n) is 24.4. The first kappa shape index (κ1) is 28.7. The molecule has 3 amide bonds. The van der Waals surface area contributed by atoms with Gasteiger partial charge in [0.05, 0.1) is 25.0 Å². The molecule has 1 saturated carbocycles. The molecular formula is C33H38ClN3O5. The van der Waals surface area contributed by atoms with Crippen LogP contribution in [0.2, 0.25) is 5.02 Å². The molecule has 0 radical (unpaired) electrons. The highest BCUT2D eigenvalue weighted by molar-refractivity contribution is 6.31. The van der Waals surface area contributed by atoms with Crippen molar-refractivity contribution in [3.8, 4) is 5.75 Å². The number of ether oxygens (including phenoxy) is 2. The predicted molar refractivity (Wildman–Crippen MR) is 160 cm³/mol. The highest BCUT2D eigenvalue weighted by Gasteiger charge is 2.72. The normalized spacial score (nSPS) is 33.0. The number of hydrogen-bond donors (Lipinski definition) is 2. The number of aryl methyl sites for hydroxylation is 1. The van der Waals surface area contributed by atoms with Crippen molar-refractivity contribution in [3.05, 3.63) is 70.8 Å². The van der Waals surface area contributed by atoms with Crippen LogP contribution in [-0.2, 0) is 25.7 Å². The highest BCUT2D eigenvalue weighted by atomic mass is 35.5. The molecule has 42 heavy (non-hydrogen) atoms. The number of halogens is 1. The molecule has 3 fully saturated rings. The number of hydrogen-bond acceptors (Lipinski definition) is 5. The molecule has 2 aromatic carbocycles. The molecule has 8 atom stereocenters. The van der Waals surface area contributed by atoms with E-state index in [-0.39, 0.29) is 30.3 Å². The molecule has 1 spiro atoms. The van der Waals surface area contributed by atoms with Crippen LogP contribution in [0, 0.1) is 30.6 Å². The van der Waals surface area contributed by atoms with E-state index >= 15 is 0 Å². The Morgan fingerprint density at radius 2 is 1.88 bits per heavy atom. The number of anilines is 1. The summed E-state index contributed by atoms with van der Waals surface area (Å²) in [5.41, 5.74) is 1.07. The van der Waals surface area contributed by atoms with Crippen molar-refractivity contribution in [1.82, 2.24) is 10.2 Å². The maximum atomic E-state index is 14.3. The van der Waals surface area contributed by atoms with Crippen LogP contribution in [0.25, 0.3) is 0 Å². The van der Waals surface area contributed by atoms with Gasteiger partial charge in [-0.3, -0.25) is 14.4 Å². The largest absolute Gasteiger partial charge is 0.497 e. The number of rotatable bonds is 7. The maximum absolute atomic E-state index is 14.3. The summed E-state index contributed by atoms with van der Waals surface area (Å²) >= 11 is 6.30. The van der Waals surface area contributed by atoms with E-state index < -0.39 is 29.6 Å². The second-order valence-electron chi connectivity index (χ2n) is 12.4. The number of carbonyl (C=O) groups excluding carboxylic acids is 3. The Kier molecular flexibility index (Phi) is 7.56. The average Bonchev–Trinajstić information content (AvgIpc) is 3.61. The Balaban J connectivity index is 1.32. The fraction of sp³-hybridized carbons (Fsp3) is 0.485. The number of carbonyl (C=O) groups is 3. The third kappa shape index (κ3) is 4.78. The number of methoxy groups -OCH3 is 1. The smallest absolute Gasteiger partial charge is 0.246 e. The fourth-order valence-corrected chi connectivity index (χ4v) is 7.49. The van der Waals surface area contributed by atoms with Gasteiger partial charge < -0.3 is 25.0 Å². The number of likely N-dealkylation sites (tertiary alicyclic amines) is 1. The Labute approximate surface area is 251 Å². The second kappa shape index (κ2) is 11.0. The standard InChI is InChI=1S/C33H38ClN3O5/c1-18-6-5-7-25(20(18)3)36-31(39)29-33-15-14-26(42-33)27(30(38)35-22-11-8-19(2)24(34)16-22)28(33)32(40)37(29)17-21-9-12-23(41-4)13-10-21/h8-16,18,20,25-29H,5-7,17H2,1-4H3,(H,35,38)(H,36,39)/t18-,20+,25+,26+,27+,28+,29-,33-/m0/s1. The number of amides is 3. The lowest BCUT2D eigenvalue weighted by Crippen LogP contribution is -2.57. The number of benzene rings is 2. The summed E-state index contributed by atoms with van der Waals surface area (Å²) in [6, 6.07) is 11.9. The van der Waals surface area contributed by atoms with Gasteiger partial charge in [0, 0.05) is 23.3 Å². The van der Waals surface area contributed by atoms with Crippen molar-refractivity contribution in [2.24, 2.45) is 23.7 Å². The van der Waals surface area contributed by atoms with Gasteiger partial charge in [-0.1, -0.05) is 68.6 Å². The summed E-state index contributed by atoms with van der Waals surface area (Å²) in [5, 5.41) is 6.78. The summed E-state index contributed by atoms with van der Waals surface area (Å²) < 4.78 is 11.8. The first-order chi connectivity index (χ1) is 20.1. The van der Waals surface area contributed by atoms with Crippen molar-refractivity contribution in [2.45, 2.75) is 70.4 Å². The zero-order chi connectivity index (χ0) is 29.8. The van der Waals surface area contributed by atoms with Crippen molar-refractivity contribution in [1.29, 1.82) is 0 Å². The van der Waals surface area contributed by atoms with Gasteiger partial charge in [-0.15, -0.1) is 0 Å². The third-order valence-corrected chi connectivity index (χ3v) is 10.3. The maximum Gasteiger partial charge on any atom is 0.246 e. The molecule has 3 heterocycles. The average molecular weight is 592 g/mol. The summed E-state index contributed by atoms with van der Waals surface area (Å²) in [7, 11) is 1.60. The lowest BCUT2D eigenvalue weighted by molar-refractivity contribution is -0.142. The quantitative estimate of drug-likeness (QED) is 0.447. The molecule has 222 valence electrons. The Bertz CT molecular complexity index is 1430. The first-order valence-corrected chi connectivity index (χ1v) is 15.2. The minimum atomic E-state index is -1.23.